The number of carbonyl (C=O) groups excluding carboxylic acids is 2. The normalized spacial score (nSPS) is 13.3. The molecule has 0 spiro atoms. The molecule has 7 nitrogen and oxygen atoms in total. The lowest BCUT2D eigenvalue weighted by Gasteiger charge is -2.24. The van der Waals surface area contributed by atoms with E-state index in [1.54, 1.807) is 4.90 Å². The standard InChI is InChI=1S/C18H20N4O3/c1-18(2,3)25-17(24)22-10-12-4-5-14(8-13(12)11-22)21-16(23)15-9-19-6-7-20-15/h4-9H,10-11H2,1-3H3,(H,21,23). The van der Waals surface area contributed by atoms with Crippen LogP contribution in [-0.2, 0) is 17.8 Å². The first-order valence-electron chi connectivity index (χ1n) is 7.99. The number of amides is 2. The number of benzene rings is 1. The van der Waals surface area contributed by atoms with E-state index < -0.39 is 5.60 Å². The Balaban J connectivity index is 1.68. The van der Waals surface area contributed by atoms with E-state index in [4.69, 9.17) is 4.74 Å². The minimum absolute atomic E-state index is 0.248. The third-order valence-corrected chi connectivity index (χ3v) is 3.63. The fourth-order valence-corrected chi connectivity index (χ4v) is 2.54. The molecular formula is C18H20N4O3. The van der Waals surface area contributed by atoms with Gasteiger partial charge in [-0.3, -0.25) is 14.7 Å². The van der Waals surface area contributed by atoms with E-state index in [0.717, 1.165) is 11.1 Å². The Bertz CT molecular complexity index is 800. The summed E-state index contributed by atoms with van der Waals surface area (Å²) in [6.07, 6.45) is 4.05. The smallest absolute Gasteiger partial charge is 0.410 e. The van der Waals surface area contributed by atoms with E-state index in [9.17, 15) is 9.59 Å². The molecule has 1 aromatic carbocycles. The Hall–Kier alpha value is -2.96. The van der Waals surface area contributed by atoms with E-state index in [0.29, 0.717) is 18.8 Å². The van der Waals surface area contributed by atoms with Gasteiger partial charge >= 0.3 is 6.09 Å². The van der Waals surface area contributed by atoms with Crippen molar-refractivity contribution in [1.82, 2.24) is 14.9 Å². The molecule has 2 heterocycles. The van der Waals surface area contributed by atoms with Crippen LogP contribution >= 0.6 is 0 Å². The summed E-state index contributed by atoms with van der Waals surface area (Å²) in [5.41, 5.74) is 2.41. The molecule has 0 unspecified atom stereocenters. The van der Waals surface area contributed by atoms with Crippen molar-refractivity contribution in [3.8, 4) is 0 Å². The number of ether oxygens (including phenoxy) is 1. The van der Waals surface area contributed by atoms with Gasteiger partial charge in [0.25, 0.3) is 5.91 Å². The van der Waals surface area contributed by atoms with Crippen molar-refractivity contribution in [3.63, 3.8) is 0 Å². The largest absolute Gasteiger partial charge is 0.444 e. The summed E-state index contributed by atoms with van der Waals surface area (Å²) in [6, 6.07) is 5.59. The highest BCUT2D eigenvalue weighted by Gasteiger charge is 2.27. The second-order valence-corrected chi connectivity index (χ2v) is 6.86. The van der Waals surface area contributed by atoms with E-state index >= 15 is 0 Å². The molecule has 130 valence electrons. The van der Waals surface area contributed by atoms with Crippen molar-refractivity contribution < 1.29 is 14.3 Å². The van der Waals surface area contributed by atoms with Gasteiger partial charge in [-0.15, -0.1) is 0 Å². The van der Waals surface area contributed by atoms with Gasteiger partial charge in [0.15, 0.2) is 0 Å². The van der Waals surface area contributed by atoms with Crippen LogP contribution in [0, 0.1) is 0 Å². The van der Waals surface area contributed by atoms with Crippen LogP contribution in [0.2, 0.25) is 0 Å². The average Bonchev–Trinajstić information content (AvgIpc) is 2.97. The Morgan fingerprint density at radius 3 is 2.60 bits per heavy atom. The third kappa shape index (κ3) is 4.12. The van der Waals surface area contributed by atoms with Crippen LogP contribution in [0.25, 0.3) is 0 Å². The highest BCUT2D eigenvalue weighted by atomic mass is 16.6. The third-order valence-electron chi connectivity index (χ3n) is 3.63. The van der Waals surface area contributed by atoms with Gasteiger partial charge in [0, 0.05) is 31.2 Å². The summed E-state index contributed by atoms with van der Waals surface area (Å²) in [6.45, 7) is 6.48. The van der Waals surface area contributed by atoms with Crippen LogP contribution in [0.3, 0.4) is 0 Å². The molecule has 0 bridgehead atoms. The molecule has 2 aromatic rings. The monoisotopic (exact) mass is 340 g/mol. The summed E-state index contributed by atoms with van der Waals surface area (Å²) in [5, 5.41) is 2.79. The van der Waals surface area contributed by atoms with Crippen molar-refractivity contribution in [2.75, 3.05) is 5.32 Å². The number of fused-ring (bicyclic) bond motifs is 1. The van der Waals surface area contributed by atoms with Crippen molar-refractivity contribution in [2.24, 2.45) is 0 Å². The fourth-order valence-electron chi connectivity index (χ4n) is 2.54. The summed E-state index contributed by atoms with van der Waals surface area (Å²) < 4.78 is 5.41. The van der Waals surface area contributed by atoms with Gasteiger partial charge in [-0.2, -0.15) is 0 Å². The van der Waals surface area contributed by atoms with Gasteiger partial charge in [0.1, 0.15) is 11.3 Å². The molecule has 0 aliphatic carbocycles. The van der Waals surface area contributed by atoms with Crippen LogP contribution in [0.15, 0.2) is 36.8 Å². The van der Waals surface area contributed by atoms with Crippen LogP contribution in [0.5, 0.6) is 0 Å². The van der Waals surface area contributed by atoms with Gasteiger partial charge in [-0.05, 0) is 44.0 Å². The van der Waals surface area contributed by atoms with E-state index in [1.807, 2.05) is 39.0 Å². The molecule has 1 aliphatic heterocycles. The number of aromatic nitrogens is 2. The number of carbonyl (C=O) groups is 2. The van der Waals surface area contributed by atoms with Crippen molar-refractivity contribution in [3.05, 3.63) is 53.6 Å². The molecule has 1 aromatic heterocycles. The SMILES string of the molecule is CC(C)(C)OC(=O)N1Cc2ccc(NC(=O)c3cnccn3)cc2C1. The molecule has 2 amide bonds. The zero-order valence-electron chi connectivity index (χ0n) is 14.4. The lowest BCUT2D eigenvalue weighted by atomic mass is 10.1. The first kappa shape index (κ1) is 16.9. The van der Waals surface area contributed by atoms with Gasteiger partial charge < -0.3 is 10.1 Å². The van der Waals surface area contributed by atoms with Crippen molar-refractivity contribution in [2.45, 2.75) is 39.5 Å². The second-order valence-electron chi connectivity index (χ2n) is 6.86. The van der Waals surface area contributed by atoms with Crippen LogP contribution in [0.1, 0.15) is 42.4 Å². The maximum Gasteiger partial charge on any atom is 0.410 e. The number of hydrogen-bond donors (Lipinski definition) is 1. The van der Waals surface area contributed by atoms with Gasteiger partial charge in [-0.1, -0.05) is 6.07 Å². The Morgan fingerprint density at radius 2 is 1.92 bits per heavy atom. The molecule has 0 atom stereocenters. The molecule has 0 fully saturated rings. The Morgan fingerprint density at radius 1 is 1.16 bits per heavy atom. The van der Waals surface area contributed by atoms with E-state index in [1.165, 1.54) is 18.6 Å². The molecule has 0 saturated heterocycles. The number of hydrogen-bond acceptors (Lipinski definition) is 5. The predicted octanol–water partition coefficient (Wildman–Crippen LogP) is 2.98. The molecule has 7 heteroatoms. The zero-order valence-corrected chi connectivity index (χ0v) is 14.4. The average molecular weight is 340 g/mol. The fraction of sp³-hybridized carbons (Fsp3) is 0.333. The number of rotatable bonds is 2. The van der Waals surface area contributed by atoms with Crippen LogP contribution < -0.4 is 5.32 Å². The zero-order chi connectivity index (χ0) is 18.0. The minimum Gasteiger partial charge on any atom is -0.444 e. The van der Waals surface area contributed by atoms with E-state index in [2.05, 4.69) is 15.3 Å². The maximum absolute atomic E-state index is 12.2. The molecular weight excluding hydrogens is 320 g/mol. The van der Waals surface area contributed by atoms with Gasteiger partial charge in [-0.25, -0.2) is 9.78 Å². The number of nitrogens with one attached hydrogen (secondary N) is 1. The van der Waals surface area contributed by atoms with Crippen LogP contribution in [-0.4, -0.2) is 32.5 Å². The van der Waals surface area contributed by atoms with Crippen molar-refractivity contribution in [1.29, 1.82) is 0 Å². The maximum atomic E-state index is 12.2. The highest BCUT2D eigenvalue weighted by molar-refractivity contribution is 6.02. The topological polar surface area (TPSA) is 84.4 Å². The highest BCUT2D eigenvalue weighted by Crippen LogP contribution is 2.27. The van der Waals surface area contributed by atoms with E-state index in [-0.39, 0.29) is 17.7 Å². The molecule has 1 aliphatic rings. The summed E-state index contributed by atoms with van der Waals surface area (Å²) >= 11 is 0. The summed E-state index contributed by atoms with van der Waals surface area (Å²) in [7, 11) is 0. The van der Waals surface area contributed by atoms with Crippen molar-refractivity contribution >= 4 is 17.7 Å². The van der Waals surface area contributed by atoms with Gasteiger partial charge in [0.05, 0.1) is 6.20 Å². The van der Waals surface area contributed by atoms with Gasteiger partial charge in [0.2, 0.25) is 0 Å². The summed E-state index contributed by atoms with van der Waals surface area (Å²) in [4.78, 5) is 33.8. The molecule has 0 radical (unpaired) electrons. The predicted molar refractivity (Wildman–Crippen MR) is 91.9 cm³/mol. The Kier molecular flexibility index (Phi) is 4.39. The molecule has 0 saturated carbocycles. The minimum atomic E-state index is -0.526. The first-order valence-corrected chi connectivity index (χ1v) is 7.99. The number of anilines is 1. The molecule has 1 N–H and O–H groups in total. The quantitative estimate of drug-likeness (QED) is 0.908. The molecule has 3 rings (SSSR count). The first-order chi connectivity index (χ1) is 11.8. The second kappa shape index (κ2) is 6.51. The lowest BCUT2D eigenvalue weighted by molar-refractivity contribution is 0.0241. The lowest BCUT2D eigenvalue weighted by Crippen LogP contribution is -2.33. The Labute approximate surface area is 146 Å². The summed E-state index contributed by atoms with van der Waals surface area (Å²) in [5.74, 6) is -0.324. The number of nitrogens with zero attached hydrogens (tertiary/aromatic N) is 3. The van der Waals surface area contributed by atoms with Crippen LogP contribution in [0.4, 0.5) is 10.5 Å². The molecule has 25 heavy (non-hydrogen) atoms.